The van der Waals surface area contributed by atoms with E-state index in [9.17, 15) is 9.59 Å². The highest BCUT2D eigenvalue weighted by molar-refractivity contribution is 8.00. The van der Waals surface area contributed by atoms with Crippen LogP contribution in [0.25, 0.3) is 0 Å². The number of rotatable bonds is 5. The Balaban J connectivity index is 1.61. The Hall–Kier alpha value is -1.69. The lowest BCUT2D eigenvalue weighted by Gasteiger charge is -2.16. The molecule has 7 heteroatoms. The topological polar surface area (TPSA) is 49.4 Å². The van der Waals surface area contributed by atoms with Crippen molar-refractivity contribution in [3.05, 3.63) is 52.5 Å². The Labute approximate surface area is 160 Å². The van der Waals surface area contributed by atoms with Gasteiger partial charge in [0, 0.05) is 34.3 Å². The molecule has 1 N–H and O–H groups in total. The summed E-state index contributed by atoms with van der Waals surface area (Å²) in [6.45, 7) is 0.722. The van der Waals surface area contributed by atoms with Crippen LogP contribution in [0.1, 0.15) is 12.8 Å². The molecule has 0 saturated carbocycles. The van der Waals surface area contributed by atoms with E-state index in [1.54, 1.807) is 29.2 Å². The number of hydrogen-bond acceptors (Lipinski definition) is 3. The molecule has 2 aromatic rings. The lowest BCUT2D eigenvalue weighted by Crippen LogP contribution is -2.23. The van der Waals surface area contributed by atoms with Crippen LogP contribution < -0.4 is 10.2 Å². The summed E-state index contributed by atoms with van der Waals surface area (Å²) < 4.78 is 0. The molecular weight excluding hydrogens is 379 g/mol. The van der Waals surface area contributed by atoms with Gasteiger partial charge in [0.2, 0.25) is 11.8 Å². The van der Waals surface area contributed by atoms with Gasteiger partial charge in [0.25, 0.3) is 0 Å². The van der Waals surface area contributed by atoms with Crippen LogP contribution in [0, 0.1) is 0 Å². The zero-order chi connectivity index (χ0) is 17.8. The van der Waals surface area contributed by atoms with Gasteiger partial charge in [-0.25, -0.2) is 0 Å². The average Bonchev–Trinajstić information content (AvgIpc) is 3.02. The van der Waals surface area contributed by atoms with Crippen LogP contribution in [0.4, 0.5) is 11.4 Å². The lowest BCUT2D eigenvalue weighted by atomic mass is 10.2. The Bertz CT molecular complexity index is 813. The Morgan fingerprint density at radius 3 is 2.80 bits per heavy atom. The summed E-state index contributed by atoms with van der Waals surface area (Å²) in [6, 6.07) is 12.5. The van der Waals surface area contributed by atoms with Gasteiger partial charge in [0.05, 0.1) is 10.8 Å². The van der Waals surface area contributed by atoms with Gasteiger partial charge in [-0.15, -0.1) is 11.8 Å². The molecule has 1 aliphatic rings. The highest BCUT2D eigenvalue weighted by Gasteiger charge is 2.21. The monoisotopic (exact) mass is 394 g/mol. The summed E-state index contributed by atoms with van der Waals surface area (Å²) in [5.74, 6) is 0.188. The Morgan fingerprint density at radius 1 is 1.20 bits per heavy atom. The van der Waals surface area contributed by atoms with Crippen LogP contribution in [0.5, 0.6) is 0 Å². The van der Waals surface area contributed by atoms with Gasteiger partial charge in [0.15, 0.2) is 0 Å². The smallest absolute Gasteiger partial charge is 0.234 e. The van der Waals surface area contributed by atoms with Crippen molar-refractivity contribution in [2.24, 2.45) is 0 Å². The average molecular weight is 395 g/mol. The number of halogens is 2. The molecule has 4 nitrogen and oxygen atoms in total. The number of benzene rings is 2. The maximum atomic E-state index is 12.2. The first kappa shape index (κ1) is 18.1. The van der Waals surface area contributed by atoms with E-state index in [-0.39, 0.29) is 17.6 Å². The van der Waals surface area contributed by atoms with E-state index in [0.29, 0.717) is 22.2 Å². The number of thioether (sulfide) groups is 1. The highest BCUT2D eigenvalue weighted by Crippen LogP contribution is 2.30. The van der Waals surface area contributed by atoms with Crippen molar-refractivity contribution in [2.75, 3.05) is 22.5 Å². The van der Waals surface area contributed by atoms with Gasteiger partial charge in [-0.05, 0) is 42.8 Å². The molecule has 2 aromatic carbocycles. The van der Waals surface area contributed by atoms with Crippen molar-refractivity contribution in [3.63, 3.8) is 0 Å². The second-order valence-corrected chi connectivity index (χ2v) is 7.47. The number of amides is 2. The predicted molar refractivity (Wildman–Crippen MR) is 104 cm³/mol. The summed E-state index contributed by atoms with van der Waals surface area (Å²) in [5.41, 5.74) is 1.48. The molecule has 0 aromatic heterocycles. The molecule has 130 valence electrons. The second-order valence-electron chi connectivity index (χ2n) is 5.61. The normalized spacial score (nSPS) is 14.0. The summed E-state index contributed by atoms with van der Waals surface area (Å²) >= 11 is 13.4. The Morgan fingerprint density at radius 2 is 2.04 bits per heavy atom. The van der Waals surface area contributed by atoms with Crippen molar-refractivity contribution in [2.45, 2.75) is 17.7 Å². The number of hydrogen-bond donors (Lipinski definition) is 1. The van der Waals surface area contributed by atoms with E-state index in [0.717, 1.165) is 23.5 Å². The van der Waals surface area contributed by atoms with Crippen molar-refractivity contribution >= 4 is 58.2 Å². The van der Waals surface area contributed by atoms with Gasteiger partial charge in [-0.1, -0.05) is 29.3 Å². The molecule has 0 spiro atoms. The minimum atomic E-state index is -0.147. The van der Waals surface area contributed by atoms with Crippen LogP contribution >= 0.6 is 35.0 Å². The lowest BCUT2D eigenvalue weighted by molar-refractivity contribution is -0.117. The molecule has 0 bridgehead atoms. The molecule has 3 rings (SSSR count). The molecule has 25 heavy (non-hydrogen) atoms. The maximum absolute atomic E-state index is 12.2. The van der Waals surface area contributed by atoms with Crippen molar-refractivity contribution in [1.29, 1.82) is 0 Å². The van der Waals surface area contributed by atoms with Crippen LogP contribution in [0.3, 0.4) is 0 Å². The molecule has 1 fully saturated rings. The third-order valence-corrected chi connectivity index (χ3v) is 5.50. The van der Waals surface area contributed by atoms with Crippen LogP contribution in [0.15, 0.2) is 47.4 Å². The number of nitrogens with one attached hydrogen (secondary N) is 1. The van der Waals surface area contributed by atoms with Gasteiger partial charge >= 0.3 is 0 Å². The van der Waals surface area contributed by atoms with Crippen molar-refractivity contribution < 1.29 is 9.59 Å². The summed E-state index contributed by atoms with van der Waals surface area (Å²) in [4.78, 5) is 26.5. The first-order valence-corrected chi connectivity index (χ1v) is 9.55. The van der Waals surface area contributed by atoms with Gasteiger partial charge in [-0.3, -0.25) is 9.59 Å². The van der Waals surface area contributed by atoms with E-state index in [1.165, 1.54) is 11.8 Å². The zero-order valence-corrected chi connectivity index (χ0v) is 15.6. The van der Waals surface area contributed by atoms with Gasteiger partial charge in [0.1, 0.15) is 0 Å². The van der Waals surface area contributed by atoms with Gasteiger partial charge in [-0.2, -0.15) is 0 Å². The van der Waals surface area contributed by atoms with Crippen molar-refractivity contribution in [3.8, 4) is 0 Å². The van der Waals surface area contributed by atoms with Crippen LogP contribution in [-0.4, -0.2) is 24.1 Å². The molecule has 0 aliphatic carbocycles. The van der Waals surface area contributed by atoms with Crippen LogP contribution in [-0.2, 0) is 9.59 Å². The molecule has 1 heterocycles. The zero-order valence-electron chi connectivity index (χ0n) is 13.3. The molecule has 0 atom stereocenters. The number of carbonyl (C=O) groups excluding carboxylic acids is 2. The standard InChI is InChI=1S/C18H16Cl2N2O2S/c19-12-6-7-15(20)16(9-12)25-11-17(23)21-13-3-1-4-14(10-13)22-8-2-5-18(22)24/h1,3-4,6-7,9-10H,2,5,8,11H2,(H,21,23). The minimum absolute atomic E-state index is 0.120. The third kappa shape index (κ3) is 4.69. The molecule has 2 amide bonds. The number of carbonyl (C=O) groups is 2. The Kier molecular flexibility index (Phi) is 5.89. The molecule has 1 aliphatic heterocycles. The van der Waals surface area contributed by atoms with Gasteiger partial charge < -0.3 is 10.2 Å². The maximum Gasteiger partial charge on any atom is 0.234 e. The van der Waals surface area contributed by atoms with E-state index >= 15 is 0 Å². The largest absolute Gasteiger partial charge is 0.325 e. The fourth-order valence-electron chi connectivity index (χ4n) is 2.60. The SMILES string of the molecule is O=C(CSc1cc(Cl)ccc1Cl)Nc1cccc(N2CCCC2=O)c1. The molecule has 1 saturated heterocycles. The molecule has 0 radical (unpaired) electrons. The number of anilines is 2. The summed E-state index contributed by atoms with van der Waals surface area (Å²) in [6.07, 6.45) is 1.44. The fourth-order valence-corrected chi connectivity index (χ4v) is 3.89. The highest BCUT2D eigenvalue weighted by atomic mass is 35.5. The second kappa shape index (κ2) is 8.13. The first-order chi connectivity index (χ1) is 12.0. The van der Waals surface area contributed by atoms with Crippen LogP contribution in [0.2, 0.25) is 10.0 Å². The minimum Gasteiger partial charge on any atom is -0.325 e. The van der Waals surface area contributed by atoms with E-state index < -0.39 is 0 Å². The van der Waals surface area contributed by atoms with E-state index in [4.69, 9.17) is 23.2 Å². The summed E-state index contributed by atoms with van der Waals surface area (Å²) in [7, 11) is 0. The summed E-state index contributed by atoms with van der Waals surface area (Å²) in [5, 5.41) is 4.00. The predicted octanol–water partition coefficient (Wildman–Crippen LogP) is 4.85. The molecular formula is C18H16Cl2N2O2S. The fraction of sp³-hybridized carbons (Fsp3) is 0.222. The third-order valence-electron chi connectivity index (χ3n) is 3.77. The first-order valence-electron chi connectivity index (χ1n) is 7.81. The quantitative estimate of drug-likeness (QED) is 0.737. The van der Waals surface area contributed by atoms with Crippen molar-refractivity contribution in [1.82, 2.24) is 0 Å². The van der Waals surface area contributed by atoms with E-state index in [1.807, 2.05) is 18.2 Å². The number of nitrogens with zero attached hydrogens (tertiary/aromatic N) is 1. The van der Waals surface area contributed by atoms with E-state index in [2.05, 4.69) is 5.32 Å². The molecule has 0 unspecified atom stereocenters.